The van der Waals surface area contributed by atoms with E-state index < -0.39 is 5.60 Å². The number of tetrazole rings is 1. The van der Waals surface area contributed by atoms with Crippen LogP contribution in [0.25, 0.3) is 0 Å². The van der Waals surface area contributed by atoms with Crippen LogP contribution in [0, 0.1) is 5.92 Å². The maximum absolute atomic E-state index is 12.3. The zero-order valence-electron chi connectivity index (χ0n) is 15.9. The van der Waals surface area contributed by atoms with E-state index in [1.54, 1.807) is 4.90 Å². The Morgan fingerprint density at radius 1 is 1.22 bits per heavy atom. The first-order valence-corrected chi connectivity index (χ1v) is 9.15. The Kier molecular flexibility index (Phi) is 5.53. The Morgan fingerprint density at radius 3 is 2.44 bits per heavy atom. The van der Waals surface area contributed by atoms with Gasteiger partial charge in [0, 0.05) is 13.1 Å². The lowest BCUT2D eigenvalue weighted by atomic mass is 9.86. The van der Waals surface area contributed by atoms with E-state index in [9.17, 15) is 9.59 Å². The molecule has 8 heteroatoms. The minimum atomic E-state index is -0.504. The summed E-state index contributed by atoms with van der Waals surface area (Å²) in [7, 11) is 0. The summed E-state index contributed by atoms with van der Waals surface area (Å²) in [6.07, 6.45) is 1.89. The molecule has 1 aliphatic heterocycles. The largest absolute Gasteiger partial charge is 0.444 e. The molecular formula is C19H25N5O3. The highest BCUT2D eigenvalue weighted by Gasteiger charge is 2.33. The molecule has 1 amide bonds. The average Bonchev–Trinajstić information content (AvgIpc) is 3.11. The van der Waals surface area contributed by atoms with Gasteiger partial charge in [0.2, 0.25) is 5.82 Å². The molecule has 2 heterocycles. The third kappa shape index (κ3) is 4.69. The van der Waals surface area contributed by atoms with Crippen LogP contribution in [0.4, 0.5) is 4.79 Å². The van der Waals surface area contributed by atoms with Gasteiger partial charge < -0.3 is 9.64 Å². The summed E-state index contributed by atoms with van der Waals surface area (Å²) in [5.74, 6) is 0.293. The first-order valence-electron chi connectivity index (χ1n) is 9.15. The molecule has 1 saturated heterocycles. The van der Waals surface area contributed by atoms with Gasteiger partial charge in [-0.05, 0) is 50.3 Å². The molecule has 0 bridgehead atoms. The van der Waals surface area contributed by atoms with Crippen molar-refractivity contribution in [3.05, 3.63) is 41.7 Å². The van der Waals surface area contributed by atoms with Crippen LogP contribution in [0.2, 0.25) is 0 Å². The molecule has 2 aromatic rings. The molecule has 144 valence electrons. The van der Waals surface area contributed by atoms with Crippen molar-refractivity contribution < 1.29 is 14.3 Å². The minimum absolute atomic E-state index is 0.0714. The second kappa shape index (κ2) is 7.85. The molecule has 27 heavy (non-hydrogen) atoms. The molecule has 1 fully saturated rings. The van der Waals surface area contributed by atoms with E-state index in [2.05, 4.69) is 15.4 Å². The van der Waals surface area contributed by atoms with Crippen LogP contribution in [0.1, 0.15) is 55.8 Å². The van der Waals surface area contributed by atoms with Crippen LogP contribution in [0.15, 0.2) is 30.3 Å². The number of aromatic nitrogens is 4. The smallest absolute Gasteiger partial charge is 0.410 e. The number of benzene rings is 1. The van der Waals surface area contributed by atoms with Gasteiger partial charge in [-0.2, -0.15) is 4.80 Å². The van der Waals surface area contributed by atoms with Crippen LogP contribution in [-0.4, -0.2) is 56.2 Å². The highest BCUT2D eigenvalue weighted by atomic mass is 16.6. The maximum Gasteiger partial charge on any atom is 0.410 e. The number of ether oxygens (including phenoxy) is 1. The second-order valence-corrected chi connectivity index (χ2v) is 7.75. The molecular weight excluding hydrogens is 346 g/mol. The number of aldehydes is 1. The Hall–Kier alpha value is -2.77. The predicted octanol–water partition coefficient (Wildman–Crippen LogP) is 2.72. The van der Waals surface area contributed by atoms with Gasteiger partial charge in [-0.15, -0.1) is 10.2 Å². The lowest BCUT2D eigenvalue weighted by Gasteiger charge is -2.36. The summed E-state index contributed by atoms with van der Waals surface area (Å²) >= 11 is 0. The van der Waals surface area contributed by atoms with E-state index in [4.69, 9.17) is 4.74 Å². The van der Waals surface area contributed by atoms with Gasteiger partial charge in [0.1, 0.15) is 11.6 Å². The lowest BCUT2D eigenvalue weighted by molar-refractivity contribution is 0.0165. The lowest BCUT2D eigenvalue weighted by Crippen LogP contribution is -2.43. The molecule has 1 aromatic heterocycles. The van der Waals surface area contributed by atoms with Gasteiger partial charge in [0.15, 0.2) is 6.29 Å². The standard InChI is InChI=1S/C19H25N5O3/c1-19(2,3)27-18(26)23-11-9-15(10-12-23)17(14-7-5-4-6-8-14)24-21-16(13-25)20-22-24/h4-8,13,15,17H,9-12H2,1-3H3. The monoisotopic (exact) mass is 371 g/mol. The van der Waals surface area contributed by atoms with Crippen molar-refractivity contribution in [3.63, 3.8) is 0 Å². The number of hydrogen-bond acceptors (Lipinski definition) is 6. The van der Waals surface area contributed by atoms with Crippen LogP contribution >= 0.6 is 0 Å². The number of carbonyl (C=O) groups excluding carboxylic acids is 2. The number of nitrogens with zero attached hydrogens (tertiary/aromatic N) is 5. The average molecular weight is 371 g/mol. The van der Waals surface area contributed by atoms with Crippen molar-refractivity contribution in [2.75, 3.05) is 13.1 Å². The third-order valence-electron chi connectivity index (χ3n) is 4.58. The maximum atomic E-state index is 12.3. The fourth-order valence-electron chi connectivity index (χ4n) is 3.37. The second-order valence-electron chi connectivity index (χ2n) is 7.75. The van der Waals surface area contributed by atoms with E-state index in [-0.39, 0.29) is 23.9 Å². The molecule has 0 radical (unpaired) electrons. The van der Waals surface area contributed by atoms with E-state index in [0.717, 1.165) is 18.4 Å². The zero-order valence-corrected chi connectivity index (χ0v) is 15.9. The Morgan fingerprint density at radius 2 is 1.89 bits per heavy atom. The molecule has 0 aliphatic carbocycles. The molecule has 1 aliphatic rings. The number of rotatable bonds is 4. The van der Waals surface area contributed by atoms with Crippen molar-refractivity contribution >= 4 is 12.4 Å². The van der Waals surface area contributed by atoms with E-state index in [1.807, 2.05) is 51.1 Å². The Bertz CT molecular complexity index is 776. The molecule has 3 rings (SSSR count). The Balaban J connectivity index is 1.75. The summed E-state index contributed by atoms with van der Waals surface area (Å²) in [5, 5.41) is 12.1. The summed E-state index contributed by atoms with van der Waals surface area (Å²) in [5.41, 5.74) is 0.555. The normalized spacial score (nSPS) is 16.8. The molecule has 1 aromatic carbocycles. The van der Waals surface area contributed by atoms with Crippen molar-refractivity contribution in [3.8, 4) is 0 Å². The topological polar surface area (TPSA) is 90.2 Å². The first kappa shape index (κ1) is 19.0. The Labute approximate surface area is 158 Å². The van der Waals surface area contributed by atoms with Crippen molar-refractivity contribution in [2.24, 2.45) is 5.92 Å². The minimum Gasteiger partial charge on any atom is -0.444 e. The number of likely N-dealkylation sites (tertiary alicyclic amines) is 1. The van der Waals surface area contributed by atoms with Crippen molar-refractivity contribution in [1.29, 1.82) is 0 Å². The molecule has 8 nitrogen and oxygen atoms in total. The predicted molar refractivity (Wildman–Crippen MR) is 98.3 cm³/mol. The fourth-order valence-corrected chi connectivity index (χ4v) is 3.37. The van der Waals surface area contributed by atoms with E-state index in [1.165, 1.54) is 4.80 Å². The SMILES string of the molecule is CC(C)(C)OC(=O)N1CCC(C(c2ccccc2)n2nnc(C=O)n2)CC1. The number of carbonyl (C=O) groups is 2. The number of hydrogen-bond donors (Lipinski definition) is 0. The highest BCUT2D eigenvalue weighted by Crippen LogP contribution is 2.33. The van der Waals surface area contributed by atoms with Gasteiger partial charge in [-0.25, -0.2) is 4.79 Å². The fraction of sp³-hybridized carbons (Fsp3) is 0.526. The van der Waals surface area contributed by atoms with Gasteiger partial charge in [-0.3, -0.25) is 4.79 Å². The zero-order chi connectivity index (χ0) is 19.4. The van der Waals surface area contributed by atoms with Crippen molar-refractivity contribution in [2.45, 2.75) is 45.3 Å². The first-order chi connectivity index (χ1) is 12.9. The quantitative estimate of drug-likeness (QED) is 0.768. The summed E-state index contributed by atoms with van der Waals surface area (Å²) in [4.78, 5) is 26.5. The summed E-state index contributed by atoms with van der Waals surface area (Å²) < 4.78 is 5.47. The third-order valence-corrected chi connectivity index (χ3v) is 4.58. The van der Waals surface area contributed by atoms with Gasteiger partial charge in [0.05, 0.1) is 0 Å². The van der Waals surface area contributed by atoms with Crippen LogP contribution in [-0.2, 0) is 4.74 Å². The van der Waals surface area contributed by atoms with Gasteiger partial charge in [-0.1, -0.05) is 30.3 Å². The van der Waals surface area contributed by atoms with E-state index in [0.29, 0.717) is 19.4 Å². The summed E-state index contributed by atoms with van der Waals surface area (Å²) in [6, 6.07) is 9.81. The van der Waals surface area contributed by atoms with Gasteiger partial charge in [0.25, 0.3) is 0 Å². The number of amides is 1. The molecule has 0 N–H and O–H groups in total. The van der Waals surface area contributed by atoms with E-state index >= 15 is 0 Å². The molecule has 0 saturated carbocycles. The van der Waals surface area contributed by atoms with Crippen LogP contribution in [0.5, 0.6) is 0 Å². The molecule has 1 unspecified atom stereocenters. The molecule has 1 atom stereocenters. The number of piperidine rings is 1. The van der Waals surface area contributed by atoms with Crippen LogP contribution in [0.3, 0.4) is 0 Å². The van der Waals surface area contributed by atoms with Gasteiger partial charge >= 0.3 is 6.09 Å². The van der Waals surface area contributed by atoms with Crippen LogP contribution < -0.4 is 0 Å². The highest BCUT2D eigenvalue weighted by molar-refractivity contribution is 5.68. The molecule has 0 spiro atoms. The summed E-state index contributed by atoms with van der Waals surface area (Å²) in [6.45, 7) is 6.81. The van der Waals surface area contributed by atoms with Crippen molar-refractivity contribution in [1.82, 2.24) is 25.1 Å².